The average molecular weight is 374 g/mol. The Morgan fingerprint density at radius 1 is 1.15 bits per heavy atom. The largest absolute Gasteiger partial charge is 0.416 e. The number of hydrogen-bond donors (Lipinski definition) is 0. The number of halogens is 3. The molecule has 0 aliphatic carbocycles. The lowest BCUT2D eigenvalue weighted by Gasteiger charge is -2.36. The Hall–Kier alpha value is -3.23. The van der Waals surface area contributed by atoms with E-state index in [9.17, 15) is 18.0 Å². The van der Waals surface area contributed by atoms with Gasteiger partial charge in [0.25, 0.3) is 5.91 Å². The number of likely N-dealkylation sites (tertiary alicyclic amines) is 1. The predicted molar refractivity (Wildman–Crippen MR) is 87.6 cm³/mol. The van der Waals surface area contributed by atoms with Crippen LogP contribution in [-0.4, -0.2) is 39.0 Å². The number of rotatable bonds is 3. The molecule has 6 nitrogen and oxygen atoms in total. The van der Waals surface area contributed by atoms with Crippen LogP contribution in [0, 0.1) is 0 Å². The number of carbonyl (C=O) groups excluding carboxylic acids is 1. The van der Waals surface area contributed by atoms with E-state index in [4.69, 9.17) is 4.52 Å². The quantitative estimate of drug-likeness (QED) is 0.703. The van der Waals surface area contributed by atoms with Crippen LogP contribution >= 0.6 is 0 Å². The van der Waals surface area contributed by atoms with E-state index in [-0.39, 0.29) is 23.2 Å². The van der Waals surface area contributed by atoms with E-state index in [1.807, 2.05) is 0 Å². The average Bonchev–Trinajstić information content (AvgIpc) is 3.10. The first-order valence-corrected chi connectivity index (χ1v) is 8.13. The van der Waals surface area contributed by atoms with Gasteiger partial charge in [0.1, 0.15) is 5.69 Å². The van der Waals surface area contributed by atoms with Crippen molar-refractivity contribution in [1.82, 2.24) is 20.0 Å². The zero-order valence-corrected chi connectivity index (χ0v) is 13.8. The van der Waals surface area contributed by atoms with Gasteiger partial charge in [0.05, 0.1) is 11.5 Å². The van der Waals surface area contributed by atoms with Crippen LogP contribution < -0.4 is 0 Å². The Kier molecular flexibility index (Phi) is 4.14. The Morgan fingerprint density at radius 2 is 1.96 bits per heavy atom. The number of aromatic nitrogens is 3. The third-order valence-electron chi connectivity index (χ3n) is 4.29. The Balaban J connectivity index is 1.45. The van der Waals surface area contributed by atoms with Crippen LogP contribution in [0.2, 0.25) is 0 Å². The summed E-state index contributed by atoms with van der Waals surface area (Å²) in [7, 11) is 0. The summed E-state index contributed by atoms with van der Waals surface area (Å²) in [6.45, 7) is 0.777. The molecule has 1 aliphatic rings. The summed E-state index contributed by atoms with van der Waals surface area (Å²) < 4.78 is 43.7. The van der Waals surface area contributed by atoms with E-state index in [1.54, 1.807) is 29.3 Å². The summed E-state index contributed by atoms with van der Waals surface area (Å²) in [5, 5.41) is 3.77. The van der Waals surface area contributed by atoms with Crippen LogP contribution in [0.4, 0.5) is 13.2 Å². The molecule has 1 amide bonds. The number of pyridine rings is 1. The summed E-state index contributed by atoms with van der Waals surface area (Å²) in [6.07, 6.45) is -2.90. The summed E-state index contributed by atoms with van der Waals surface area (Å²) in [6, 6.07) is 9.84. The van der Waals surface area contributed by atoms with Crippen LogP contribution in [0.15, 0.2) is 53.2 Å². The van der Waals surface area contributed by atoms with Crippen molar-refractivity contribution >= 4 is 5.91 Å². The van der Waals surface area contributed by atoms with E-state index in [0.29, 0.717) is 24.7 Å². The molecule has 138 valence electrons. The summed E-state index contributed by atoms with van der Waals surface area (Å²) in [5.41, 5.74) is -0.200. The molecule has 4 rings (SSSR count). The van der Waals surface area contributed by atoms with E-state index < -0.39 is 11.7 Å². The standard InChI is InChI=1S/C18H13F3N4O2/c19-18(20,21)13-5-3-4-11(8-13)15-23-16(27-24-15)12-9-25(10-12)17(26)14-6-1-2-7-22-14/h1-8,12H,9-10H2. The second kappa shape index (κ2) is 6.49. The number of benzene rings is 1. The molecule has 9 heteroatoms. The molecule has 1 aromatic carbocycles. The van der Waals surface area contributed by atoms with E-state index in [1.165, 1.54) is 12.1 Å². The number of amides is 1. The molecule has 2 aromatic heterocycles. The Morgan fingerprint density at radius 3 is 2.67 bits per heavy atom. The van der Waals surface area contributed by atoms with E-state index >= 15 is 0 Å². The molecule has 0 radical (unpaired) electrons. The number of hydrogen-bond acceptors (Lipinski definition) is 5. The summed E-state index contributed by atoms with van der Waals surface area (Å²) in [4.78, 5) is 22.1. The minimum atomic E-state index is -4.44. The van der Waals surface area contributed by atoms with Gasteiger partial charge in [0, 0.05) is 24.8 Å². The van der Waals surface area contributed by atoms with Crippen LogP contribution in [-0.2, 0) is 6.18 Å². The second-order valence-corrected chi connectivity index (χ2v) is 6.16. The number of nitrogens with zero attached hydrogens (tertiary/aromatic N) is 4. The minimum absolute atomic E-state index is 0.0885. The highest BCUT2D eigenvalue weighted by molar-refractivity contribution is 5.92. The van der Waals surface area contributed by atoms with Gasteiger partial charge in [-0.05, 0) is 24.3 Å². The van der Waals surface area contributed by atoms with Crippen molar-refractivity contribution in [2.75, 3.05) is 13.1 Å². The molecule has 1 aliphatic heterocycles. The van der Waals surface area contributed by atoms with Gasteiger partial charge in [-0.1, -0.05) is 23.4 Å². The van der Waals surface area contributed by atoms with Crippen molar-refractivity contribution < 1.29 is 22.5 Å². The van der Waals surface area contributed by atoms with Crippen molar-refractivity contribution in [3.8, 4) is 11.4 Å². The zero-order chi connectivity index (χ0) is 19.0. The van der Waals surface area contributed by atoms with Crippen molar-refractivity contribution in [3.05, 3.63) is 65.8 Å². The summed E-state index contributed by atoms with van der Waals surface area (Å²) in [5.74, 6) is 0.0484. The van der Waals surface area contributed by atoms with Gasteiger partial charge < -0.3 is 9.42 Å². The van der Waals surface area contributed by atoms with Gasteiger partial charge in [-0.25, -0.2) is 0 Å². The zero-order valence-electron chi connectivity index (χ0n) is 13.8. The lowest BCUT2D eigenvalue weighted by molar-refractivity contribution is -0.137. The molecule has 0 N–H and O–H groups in total. The molecule has 0 unspecified atom stereocenters. The maximum absolute atomic E-state index is 12.8. The first-order valence-electron chi connectivity index (χ1n) is 8.13. The van der Waals surface area contributed by atoms with Crippen molar-refractivity contribution in [1.29, 1.82) is 0 Å². The lowest BCUT2D eigenvalue weighted by Crippen LogP contribution is -2.48. The molecule has 27 heavy (non-hydrogen) atoms. The first-order chi connectivity index (χ1) is 12.9. The molecule has 3 aromatic rings. The molecular formula is C18H13F3N4O2. The second-order valence-electron chi connectivity index (χ2n) is 6.16. The highest BCUT2D eigenvalue weighted by atomic mass is 19.4. The lowest BCUT2D eigenvalue weighted by atomic mass is 9.99. The third kappa shape index (κ3) is 3.40. The van der Waals surface area contributed by atoms with Crippen molar-refractivity contribution in [2.45, 2.75) is 12.1 Å². The van der Waals surface area contributed by atoms with Gasteiger partial charge >= 0.3 is 6.18 Å². The molecule has 0 atom stereocenters. The fraction of sp³-hybridized carbons (Fsp3) is 0.222. The summed E-state index contributed by atoms with van der Waals surface area (Å²) >= 11 is 0. The van der Waals surface area contributed by atoms with Crippen LogP contribution in [0.1, 0.15) is 27.9 Å². The predicted octanol–water partition coefficient (Wildman–Crippen LogP) is 3.39. The maximum Gasteiger partial charge on any atom is 0.416 e. The van der Waals surface area contributed by atoms with Crippen LogP contribution in [0.25, 0.3) is 11.4 Å². The number of carbonyl (C=O) groups is 1. The maximum atomic E-state index is 12.8. The van der Waals surface area contributed by atoms with Crippen LogP contribution in [0.5, 0.6) is 0 Å². The van der Waals surface area contributed by atoms with Gasteiger partial charge in [-0.15, -0.1) is 0 Å². The van der Waals surface area contributed by atoms with Crippen molar-refractivity contribution in [3.63, 3.8) is 0 Å². The molecule has 1 fully saturated rings. The van der Waals surface area contributed by atoms with E-state index in [2.05, 4.69) is 15.1 Å². The normalized spacial score (nSPS) is 14.9. The Labute approximate surface area is 151 Å². The molecule has 0 saturated carbocycles. The molecule has 1 saturated heterocycles. The monoisotopic (exact) mass is 374 g/mol. The van der Waals surface area contributed by atoms with Crippen molar-refractivity contribution in [2.24, 2.45) is 0 Å². The van der Waals surface area contributed by atoms with Gasteiger partial charge in [0.2, 0.25) is 11.7 Å². The topological polar surface area (TPSA) is 72.1 Å². The highest BCUT2D eigenvalue weighted by Crippen LogP contribution is 2.32. The third-order valence-corrected chi connectivity index (χ3v) is 4.29. The molecular weight excluding hydrogens is 361 g/mol. The smallest absolute Gasteiger partial charge is 0.339 e. The fourth-order valence-electron chi connectivity index (χ4n) is 2.80. The SMILES string of the molecule is O=C(c1ccccn1)N1CC(c2nc(-c3cccc(C(F)(F)F)c3)no2)C1. The Bertz CT molecular complexity index is 966. The van der Waals surface area contributed by atoms with Crippen LogP contribution in [0.3, 0.4) is 0 Å². The fourth-order valence-corrected chi connectivity index (χ4v) is 2.80. The number of alkyl halides is 3. The molecule has 0 bridgehead atoms. The highest BCUT2D eigenvalue weighted by Gasteiger charge is 2.36. The molecule has 3 heterocycles. The molecule has 0 spiro atoms. The van der Waals surface area contributed by atoms with Gasteiger partial charge in [-0.3, -0.25) is 9.78 Å². The van der Waals surface area contributed by atoms with E-state index in [0.717, 1.165) is 12.1 Å². The minimum Gasteiger partial charge on any atom is -0.339 e. The van der Waals surface area contributed by atoms with Gasteiger partial charge in [0.15, 0.2) is 0 Å². The van der Waals surface area contributed by atoms with Gasteiger partial charge in [-0.2, -0.15) is 18.2 Å². The first kappa shape index (κ1) is 17.2.